The predicted octanol–water partition coefficient (Wildman–Crippen LogP) is 3.43. The zero-order chi connectivity index (χ0) is 14.3. The number of rotatable bonds is 2. The molecule has 3 nitrogen and oxygen atoms in total. The van der Waals surface area contributed by atoms with Gasteiger partial charge in [0.25, 0.3) is 0 Å². The van der Waals surface area contributed by atoms with Crippen LogP contribution in [-0.4, -0.2) is 11.5 Å². The van der Waals surface area contributed by atoms with Crippen molar-refractivity contribution in [2.45, 2.75) is 44.2 Å². The molecule has 110 valence electrons. The SMILES string of the molecule is NC1(c2nc3c(s2)CN(c2ccccc2)CC3)CCCC1. The van der Waals surface area contributed by atoms with Gasteiger partial charge in [-0.15, -0.1) is 11.3 Å². The first kappa shape index (κ1) is 13.3. The van der Waals surface area contributed by atoms with Crippen LogP contribution in [0.1, 0.15) is 41.3 Å². The lowest BCUT2D eigenvalue weighted by Crippen LogP contribution is -2.33. The van der Waals surface area contributed by atoms with Crippen LogP contribution in [-0.2, 0) is 18.5 Å². The summed E-state index contributed by atoms with van der Waals surface area (Å²) in [5.74, 6) is 0. The third-order valence-corrected chi connectivity index (χ3v) is 6.08. The fraction of sp³-hybridized carbons (Fsp3) is 0.471. The Labute approximate surface area is 129 Å². The molecule has 2 aliphatic rings. The maximum Gasteiger partial charge on any atom is 0.113 e. The maximum atomic E-state index is 6.57. The van der Waals surface area contributed by atoms with E-state index in [2.05, 4.69) is 35.2 Å². The molecule has 1 aromatic carbocycles. The standard InChI is InChI=1S/C17H21N3S/c18-17(9-4-5-10-17)16-19-14-8-11-20(12-15(14)21-16)13-6-2-1-3-7-13/h1-3,6-7H,4-5,8-12,18H2. The Kier molecular flexibility index (Phi) is 3.23. The van der Waals surface area contributed by atoms with E-state index < -0.39 is 0 Å². The van der Waals surface area contributed by atoms with Crippen LogP contribution in [0.2, 0.25) is 0 Å². The first-order valence-corrected chi connectivity index (χ1v) is 8.64. The first-order chi connectivity index (χ1) is 10.2. The molecule has 2 aromatic rings. The van der Waals surface area contributed by atoms with Crippen molar-refractivity contribution in [2.24, 2.45) is 5.73 Å². The van der Waals surface area contributed by atoms with E-state index in [1.165, 1.54) is 34.1 Å². The summed E-state index contributed by atoms with van der Waals surface area (Å²) >= 11 is 1.85. The minimum atomic E-state index is -0.139. The Bertz CT molecular complexity index is 629. The van der Waals surface area contributed by atoms with E-state index in [4.69, 9.17) is 10.7 Å². The molecule has 0 unspecified atom stereocenters. The predicted molar refractivity (Wildman–Crippen MR) is 87.6 cm³/mol. The molecule has 1 aliphatic carbocycles. The quantitative estimate of drug-likeness (QED) is 0.923. The third-order valence-electron chi connectivity index (χ3n) is 4.77. The summed E-state index contributed by atoms with van der Waals surface area (Å²) in [6.07, 6.45) is 5.73. The molecule has 4 rings (SSSR count). The van der Waals surface area contributed by atoms with Crippen LogP contribution in [0.25, 0.3) is 0 Å². The van der Waals surface area contributed by atoms with Gasteiger partial charge >= 0.3 is 0 Å². The van der Waals surface area contributed by atoms with Gasteiger partial charge in [-0.05, 0) is 25.0 Å². The summed E-state index contributed by atoms with van der Waals surface area (Å²) < 4.78 is 0. The van der Waals surface area contributed by atoms with Crippen LogP contribution in [0.4, 0.5) is 5.69 Å². The molecule has 2 N–H and O–H groups in total. The number of fused-ring (bicyclic) bond motifs is 1. The monoisotopic (exact) mass is 299 g/mol. The largest absolute Gasteiger partial charge is 0.366 e. The summed E-state index contributed by atoms with van der Waals surface area (Å²) in [7, 11) is 0. The highest BCUT2D eigenvalue weighted by atomic mass is 32.1. The van der Waals surface area contributed by atoms with E-state index in [-0.39, 0.29) is 5.54 Å². The zero-order valence-electron chi connectivity index (χ0n) is 12.2. The number of nitrogens with two attached hydrogens (primary N) is 1. The number of benzene rings is 1. The second-order valence-corrected chi connectivity index (χ2v) is 7.34. The molecular formula is C17H21N3S. The van der Waals surface area contributed by atoms with Crippen LogP contribution in [0.5, 0.6) is 0 Å². The zero-order valence-corrected chi connectivity index (χ0v) is 13.0. The normalized spacial score (nSPS) is 20.5. The van der Waals surface area contributed by atoms with Crippen LogP contribution < -0.4 is 10.6 Å². The van der Waals surface area contributed by atoms with E-state index >= 15 is 0 Å². The van der Waals surface area contributed by atoms with Crippen molar-refractivity contribution in [3.63, 3.8) is 0 Å². The smallest absolute Gasteiger partial charge is 0.113 e. The van der Waals surface area contributed by atoms with Crippen LogP contribution >= 0.6 is 11.3 Å². The van der Waals surface area contributed by atoms with Crippen molar-refractivity contribution in [3.8, 4) is 0 Å². The molecule has 0 radical (unpaired) electrons. The molecule has 4 heteroatoms. The lowest BCUT2D eigenvalue weighted by Gasteiger charge is -2.28. The van der Waals surface area contributed by atoms with Gasteiger partial charge in [-0.3, -0.25) is 0 Å². The van der Waals surface area contributed by atoms with Gasteiger partial charge in [0, 0.05) is 23.5 Å². The van der Waals surface area contributed by atoms with Crippen molar-refractivity contribution in [1.82, 2.24) is 4.98 Å². The number of aromatic nitrogens is 1. The van der Waals surface area contributed by atoms with E-state index in [1.807, 2.05) is 11.3 Å². The van der Waals surface area contributed by atoms with Crippen molar-refractivity contribution >= 4 is 17.0 Å². The van der Waals surface area contributed by atoms with Crippen molar-refractivity contribution in [3.05, 3.63) is 45.9 Å². The number of hydrogen-bond acceptors (Lipinski definition) is 4. The summed E-state index contributed by atoms with van der Waals surface area (Å²) in [6, 6.07) is 10.7. The van der Waals surface area contributed by atoms with E-state index in [0.717, 1.165) is 32.4 Å². The highest BCUT2D eigenvalue weighted by Crippen LogP contribution is 2.40. The van der Waals surface area contributed by atoms with Gasteiger partial charge in [-0.2, -0.15) is 0 Å². The van der Waals surface area contributed by atoms with E-state index in [0.29, 0.717) is 0 Å². The van der Waals surface area contributed by atoms with Crippen LogP contribution in [0.15, 0.2) is 30.3 Å². The number of anilines is 1. The number of thiazole rings is 1. The summed E-state index contributed by atoms with van der Waals surface area (Å²) in [4.78, 5) is 8.76. The average Bonchev–Trinajstić information content (AvgIpc) is 3.14. The fourth-order valence-corrected chi connectivity index (χ4v) is 4.77. The van der Waals surface area contributed by atoms with E-state index in [1.54, 1.807) is 0 Å². The Morgan fingerprint density at radius 1 is 1.14 bits per heavy atom. The molecule has 0 spiro atoms. The lowest BCUT2D eigenvalue weighted by atomic mass is 10.0. The highest BCUT2D eigenvalue weighted by molar-refractivity contribution is 7.12. The highest BCUT2D eigenvalue weighted by Gasteiger charge is 2.35. The molecule has 1 fully saturated rings. The number of nitrogens with zero attached hydrogens (tertiary/aromatic N) is 2. The van der Waals surface area contributed by atoms with Crippen molar-refractivity contribution < 1.29 is 0 Å². The molecule has 0 bridgehead atoms. The molecule has 1 saturated carbocycles. The molecular weight excluding hydrogens is 278 g/mol. The van der Waals surface area contributed by atoms with Gasteiger partial charge in [0.05, 0.1) is 17.8 Å². The molecule has 0 atom stereocenters. The van der Waals surface area contributed by atoms with Crippen LogP contribution in [0.3, 0.4) is 0 Å². The van der Waals surface area contributed by atoms with Gasteiger partial charge in [0.2, 0.25) is 0 Å². The van der Waals surface area contributed by atoms with Crippen molar-refractivity contribution in [2.75, 3.05) is 11.4 Å². The summed E-state index contributed by atoms with van der Waals surface area (Å²) in [6.45, 7) is 2.03. The average molecular weight is 299 g/mol. The van der Waals surface area contributed by atoms with Gasteiger partial charge in [-0.1, -0.05) is 31.0 Å². The Hall–Kier alpha value is -1.39. The Morgan fingerprint density at radius 2 is 1.90 bits per heavy atom. The summed E-state index contributed by atoms with van der Waals surface area (Å²) in [5.41, 5.74) is 9.03. The van der Waals surface area contributed by atoms with Gasteiger partial charge < -0.3 is 10.6 Å². The lowest BCUT2D eigenvalue weighted by molar-refractivity contribution is 0.458. The molecule has 21 heavy (non-hydrogen) atoms. The summed E-state index contributed by atoms with van der Waals surface area (Å²) in [5, 5.41) is 1.18. The minimum Gasteiger partial charge on any atom is -0.366 e. The number of hydrogen-bond donors (Lipinski definition) is 1. The minimum absolute atomic E-state index is 0.139. The molecule has 1 aliphatic heterocycles. The van der Waals surface area contributed by atoms with Gasteiger partial charge in [0.1, 0.15) is 5.01 Å². The van der Waals surface area contributed by atoms with Gasteiger partial charge in [-0.25, -0.2) is 4.98 Å². The van der Waals surface area contributed by atoms with Gasteiger partial charge in [0.15, 0.2) is 0 Å². The van der Waals surface area contributed by atoms with Crippen molar-refractivity contribution in [1.29, 1.82) is 0 Å². The maximum absolute atomic E-state index is 6.57. The molecule has 1 aromatic heterocycles. The fourth-order valence-electron chi connectivity index (χ4n) is 3.49. The Morgan fingerprint density at radius 3 is 2.67 bits per heavy atom. The first-order valence-electron chi connectivity index (χ1n) is 7.83. The number of para-hydroxylation sites is 1. The van der Waals surface area contributed by atoms with E-state index in [9.17, 15) is 0 Å². The molecule has 2 heterocycles. The topological polar surface area (TPSA) is 42.1 Å². The Balaban J connectivity index is 1.60. The third kappa shape index (κ3) is 2.36. The molecule has 0 saturated heterocycles. The second-order valence-electron chi connectivity index (χ2n) is 6.26. The van der Waals surface area contributed by atoms with Crippen LogP contribution in [0, 0.1) is 0 Å². The molecule has 0 amide bonds. The second kappa shape index (κ2) is 5.11.